The van der Waals surface area contributed by atoms with Crippen molar-refractivity contribution in [1.82, 2.24) is 14.5 Å². The van der Waals surface area contributed by atoms with E-state index in [2.05, 4.69) is 9.88 Å². The Kier molecular flexibility index (Phi) is 3.41. The normalized spacial score (nSPS) is 18.9. The number of hydrogen-bond donors (Lipinski definition) is 0. The Hall–Kier alpha value is -2.21. The van der Waals surface area contributed by atoms with E-state index in [4.69, 9.17) is 17.0 Å². The summed E-state index contributed by atoms with van der Waals surface area (Å²) in [6.07, 6.45) is 3.73. The van der Waals surface area contributed by atoms with Gasteiger partial charge in [-0.25, -0.2) is 9.78 Å². The maximum Gasteiger partial charge on any atom is 0.358 e. The molecular weight excluding hydrogens is 310 g/mol. The fraction of sp³-hybridized carbons (Fsp3) is 0.353. The number of nitrogens with zero attached hydrogens (tertiary/aromatic N) is 3. The number of ether oxygens (including phenoxy) is 1. The summed E-state index contributed by atoms with van der Waals surface area (Å²) in [5.41, 5.74) is 3.29. The number of fused-ring (bicyclic) bond motifs is 5. The smallest absolute Gasteiger partial charge is 0.358 e. The second-order valence-electron chi connectivity index (χ2n) is 5.74. The van der Waals surface area contributed by atoms with E-state index < -0.39 is 0 Å². The van der Waals surface area contributed by atoms with Crippen molar-refractivity contribution in [2.75, 3.05) is 13.2 Å². The lowest BCUT2D eigenvalue weighted by molar-refractivity contribution is 0.0517. The van der Waals surface area contributed by atoms with E-state index in [0.29, 0.717) is 12.3 Å². The molecule has 1 aromatic carbocycles. The molecular formula is C17H17N3O2S. The molecule has 5 nitrogen and oxygen atoms in total. The van der Waals surface area contributed by atoms with E-state index in [1.807, 2.05) is 28.8 Å². The van der Waals surface area contributed by atoms with Crippen LogP contribution < -0.4 is 0 Å². The molecule has 0 bridgehead atoms. The summed E-state index contributed by atoms with van der Waals surface area (Å²) < 4.78 is 7.19. The van der Waals surface area contributed by atoms with Crippen molar-refractivity contribution < 1.29 is 9.53 Å². The van der Waals surface area contributed by atoms with Gasteiger partial charge in [0.15, 0.2) is 5.69 Å². The molecule has 0 saturated carbocycles. The van der Waals surface area contributed by atoms with E-state index >= 15 is 0 Å². The predicted octanol–water partition coefficient (Wildman–Crippen LogP) is 2.88. The van der Waals surface area contributed by atoms with Crippen LogP contribution in [0.1, 0.15) is 47.6 Å². The molecule has 0 unspecified atom stereocenters. The van der Waals surface area contributed by atoms with Gasteiger partial charge in [0, 0.05) is 12.1 Å². The van der Waals surface area contributed by atoms with Crippen molar-refractivity contribution in [3.8, 4) is 5.69 Å². The average Bonchev–Trinajstić information content (AvgIpc) is 3.19. The number of hydrogen-bond acceptors (Lipinski definition) is 4. The molecule has 1 saturated heterocycles. The molecule has 1 aromatic heterocycles. The summed E-state index contributed by atoms with van der Waals surface area (Å²) in [7, 11) is 0. The summed E-state index contributed by atoms with van der Waals surface area (Å²) in [6.45, 7) is 3.05. The molecule has 2 aliphatic heterocycles. The summed E-state index contributed by atoms with van der Waals surface area (Å²) in [5, 5.41) is 0. The molecule has 0 radical (unpaired) electrons. The quantitative estimate of drug-likeness (QED) is 0.627. The van der Waals surface area contributed by atoms with Crippen molar-refractivity contribution in [2.24, 2.45) is 0 Å². The van der Waals surface area contributed by atoms with Crippen LogP contribution in [-0.2, 0) is 4.74 Å². The van der Waals surface area contributed by atoms with Crippen LogP contribution in [-0.4, -0.2) is 38.6 Å². The third-order valence-corrected chi connectivity index (χ3v) is 4.95. The molecule has 0 aliphatic carbocycles. The van der Waals surface area contributed by atoms with Gasteiger partial charge < -0.3 is 9.64 Å². The molecule has 1 fully saturated rings. The van der Waals surface area contributed by atoms with Crippen LogP contribution in [0.15, 0.2) is 30.6 Å². The lowest BCUT2D eigenvalue weighted by Crippen LogP contribution is -2.29. The van der Waals surface area contributed by atoms with Gasteiger partial charge in [0.1, 0.15) is 11.3 Å². The third kappa shape index (κ3) is 2.09. The van der Waals surface area contributed by atoms with Crippen LogP contribution in [0.5, 0.6) is 0 Å². The van der Waals surface area contributed by atoms with Gasteiger partial charge in [-0.1, -0.05) is 24.4 Å². The molecule has 0 amide bonds. The largest absolute Gasteiger partial charge is 0.461 e. The first-order valence-corrected chi connectivity index (χ1v) is 8.28. The summed E-state index contributed by atoms with van der Waals surface area (Å²) >= 11 is 5.73. The second-order valence-corrected chi connectivity index (χ2v) is 6.13. The van der Waals surface area contributed by atoms with Crippen molar-refractivity contribution in [2.45, 2.75) is 25.8 Å². The zero-order valence-electron chi connectivity index (χ0n) is 12.9. The van der Waals surface area contributed by atoms with Gasteiger partial charge in [-0.05, 0) is 31.9 Å². The number of esters is 1. The van der Waals surface area contributed by atoms with Gasteiger partial charge in [-0.2, -0.15) is 0 Å². The van der Waals surface area contributed by atoms with Gasteiger partial charge in [-0.15, -0.1) is 0 Å². The van der Waals surface area contributed by atoms with Gasteiger partial charge in [0.2, 0.25) is 0 Å². The van der Waals surface area contributed by atoms with E-state index in [1.54, 1.807) is 13.3 Å². The Morgan fingerprint density at radius 2 is 2.26 bits per heavy atom. The number of imidazole rings is 1. The van der Waals surface area contributed by atoms with Gasteiger partial charge in [0.25, 0.3) is 0 Å². The summed E-state index contributed by atoms with van der Waals surface area (Å²) in [4.78, 5) is 19.8. The summed E-state index contributed by atoms with van der Waals surface area (Å²) in [5.74, 6) is -0.363. The number of para-hydroxylation sites is 1. The Morgan fingerprint density at radius 1 is 1.43 bits per heavy atom. The van der Waals surface area contributed by atoms with E-state index in [1.165, 1.54) is 0 Å². The highest BCUT2D eigenvalue weighted by molar-refractivity contribution is 7.80. The molecule has 4 rings (SSSR count). The Morgan fingerprint density at radius 3 is 3.09 bits per heavy atom. The molecule has 0 N–H and O–H groups in total. The highest BCUT2D eigenvalue weighted by atomic mass is 32.1. The maximum absolute atomic E-state index is 12.3. The molecule has 118 valence electrons. The zero-order chi connectivity index (χ0) is 16.0. The average molecular weight is 327 g/mol. The lowest BCUT2D eigenvalue weighted by atomic mass is 10.1. The van der Waals surface area contributed by atoms with Gasteiger partial charge >= 0.3 is 5.97 Å². The van der Waals surface area contributed by atoms with E-state index in [0.717, 1.165) is 41.3 Å². The van der Waals surface area contributed by atoms with Crippen LogP contribution in [0.4, 0.5) is 0 Å². The zero-order valence-corrected chi connectivity index (χ0v) is 13.7. The van der Waals surface area contributed by atoms with E-state index in [9.17, 15) is 4.79 Å². The topological polar surface area (TPSA) is 47.4 Å². The first-order valence-electron chi connectivity index (χ1n) is 7.87. The van der Waals surface area contributed by atoms with Gasteiger partial charge in [-0.3, -0.25) is 4.57 Å². The van der Waals surface area contributed by atoms with Crippen molar-refractivity contribution in [3.63, 3.8) is 0 Å². The first kappa shape index (κ1) is 14.4. The maximum atomic E-state index is 12.3. The number of aromatic nitrogens is 2. The Balaban J connectivity index is 1.96. The third-order valence-electron chi connectivity index (χ3n) is 4.50. The highest BCUT2D eigenvalue weighted by Gasteiger charge is 2.38. The number of thiocarbonyl (C=S) groups is 1. The Labute approximate surface area is 139 Å². The van der Waals surface area contributed by atoms with Crippen LogP contribution >= 0.6 is 12.2 Å². The monoisotopic (exact) mass is 327 g/mol. The molecule has 23 heavy (non-hydrogen) atoms. The standard InChI is InChI=1S/C17H17N3O2S/c1-2-22-17(21)14-15-13-8-5-9-19(13)16(23)11-6-3-4-7-12(11)20(15)10-18-14/h3-4,6-7,10,13H,2,5,8-9H2,1H3/t13-/m0/s1. The fourth-order valence-electron chi connectivity index (χ4n) is 3.54. The minimum absolute atomic E-state index is 0.0804. The predicted molar refractivity (Wildman–Crippen MR) is 89.9 cm³/mol. The number of carbonyl (C=O) groups is 1. The molecule has 1 atom stereocenters. The number of benzene rings is 1. The molecule has 3 heterocycles. The number of carbonyl (C=O) groups excluding carboxylic acids is 1. The van der Waals surface area contributed by atoms with Gasteiger partial charge in [0.05, 0.1) is 24.0 Å². The van der Waals surface area contributed by atoms with E-state index in [-0.39, 0.29) is 12.0 Å². The molecule has 2 aliphatic rings. The SMILES string of the molecule is CCOC(=O)c1ncn2c1[C@@H]1CCCN1C(=S)c1ccccc1-2. The minimum atomic E-state index is -0.363. The molecule has 2 aromatic rings. The fourth-order valence-corrected chi connectivity index (χ4v) is 3.93. The van der Waals surface area contributed by atoms with Crippen molar-refractivity contribution in [1.29, 1.82) is 0 Å². The van der Waals surface area contributed by atoms with Crippen LogP contribution in [0.3, 0.4) is 0 Å². The first-order chi connectivity index (χ1) is 11.2. The summed E-state index contributed by atoms with van der Waals surface area (Å²) in [6, 6.07) is 8.10. The van der Waals surface area contributed by atoms with Crippen LogP contribution in [0.25, 0.3) is 5.69 Å². The van der Waals surface area contributed by atoms with Crippen LogP contribution in [0.2, 0.25) is 0 Å². The van der Waals surface area contributed by atoms with Crippen molar-refractivity contribution in [3.05, 3.63) is 47.5 Å². The lowest BCUT2D eigenvalue weighted by Gasteiger charge is -2.25. The second kappa shape index (κ2) is 5.45. The van der Waals surface area contributed by atoms with Crippen LogP contribution in [0, 0.1) is 0 Å². The molecule has 6 heteroatoms. The molecule has 0 spiro atoms. The highest BCUT2D eigenvalue weighted by Crippen LogP contribution is 2.40. The van der Waals surface area contributed by atoms with Crippen molar-refractivity contribution >= 4 is 23.2 Å². The Bertz CT molecular complexity index is 799. The minimum Gasteiger partial charge on any atom is -0.461 e. The number of rotatable bonds is 2.